The van der Waals surface area contributed by atoms with E-state index in [0.29, 0.717) is 12.0 Å². The summed E-state index contributed by atoms with van der Waals surface area (Å²) in [5.41, 5.74) is 3.72. The Balaban J connectivity index is 1.83. The summed E-state index contributed by atoms with van der Waals surface area (Å²) < 4.78 is 0.977. The normalized spacial score (nSPS) is 20.1. The second-order valence-electron chi connectivity index (χ2n) is 5.39. The second-order valence-corrected chi connectivity index (χ2v) is 6.24. The highest BCUT2D eigenvalue weighted by molar-refractivity contribution is 9.10. The number of carbonyl (C=O) groups is 1. The molecule has 21 heavy (non-hydrogen) atoms. The fourth-order valence-corrected chi connectivity index (χ4v) is 3.00. The highest BCUT2D eigenvalue weighted by atomic mass is 79.9. The number of halogens is 1. The van der Waals surface area contributed by atoms with Gasteiger partial charge in [0.2, 0.25) is 0 Å². The van der Waals surface area contributed by atoms with Crippen molar-refractivity contribution in [2.24, 2.45) is 0 Å². The van der Waals surface area contributed by atoms with Crippen LogP contribution in [0.4, 0.5) is 0 Å². The Bertz CT molecular complexity index is 699. The minimum Gasteiger partial charge on any atom is -0.390 e. The van der Waals surface area contributed by atoms with Crippen LogP contribution in [0.1, 0.15) is 33.1 Å². The maximum Gasteiger partial charge on any atom is 0.251 e. The number of hydrogen-bond acceptors (Lipinski definition) is 2. The van der Waals surface area contributed by atoms with Gasteiger partial charge >= 0.3 is 0 Å². The topological polar surface area (TPSA) is 49.3 Å². The smallest absolute Gasteiger partial charge is 0.251 e. The number of carbonyl (C=O) groups excluding carboxylic acids is 1. The summed E-state index contributed by atoms with van der Waals surface area (Å²) >= 11 is 3.43. The van der Waals surface area contributed by atoms with Gasteiger partial charge in [-0.3, -0.25) is 4.79 Å². The van der Waals surface area contributed by atoms with Gasteiger partial charge in [-0.2, -0.15) is 0 Å². The lowest BCUT2D eigenvalue weighted by Crippen LogP contribution is -2.33. The summed E-state index contributed by atoms with van der Waals surface area (Å²) in [5.74, 6) is -0.161. The Morgan fingerprint density at radius 3 is 2.81 bits per heavy atom. The predicted molar refractivity (Wildman–Crippen MR) is 85.2 cm³/mol. The zero-order valence-corrected chi connectivity index (χ0v) is 13.2. The van der Waals surface area contributed by atoms with Gasteiger partial charge in [-0.15, -0.1) is 0 Å². The zero-order chi connectivity index (χ0) is 15.0. The van der Waals surface area contributed by atoms with E-state index in [1.54, 1.807) is 6.07 Å². The Kier molecular flexibility index (Phi) is 3.83. The molecule has 2 N–H and O–H groups in total. The average Bonchev–Trinajstić information content (AvgIpc) is 2.78. The molecule has 0 radical (unpaired) electrons. The molecule has 4 heteroatoms. The third-order valence-corrected chi connectivity index (χ3v) is 4.80. The van der Waals surface area contributed by atoms with E-state index in [4.69, 9.17) is 0 Å². The minimum atomic E-state index is -0.567. The van der Waals surface area contributed by atoms with Gasteiger partial charge in [0.15, 0.2) is 0 Å². The number of aliphatic hydroxyl groups is 1. The lowest BCUT2D eigenvalue weighted by molar-refractivity contribution is 0.0858. The molecule has 3 rings (SSSR count). The van der Waals surface area contributed by atoms with Crippen molar-refractivity contribution in [2.75, 3.05) is 0 Å². The molecule has 0 spiro atoms. The SMILES string of the molecule is Cc1cc(C(=O)N[C@@H]2c3ccccc3C[C@@H]2O)ccc1Br. The van der Waals surface area contributed by atoms with Crippen LogP contribution in [0.3, 0.4) is 0 Å². The number of aliphatic hydroxyl groups excluding tert-OH is 1. The molecule has 0 heterocycles. The largest absolute Gasteiger partial charge is 0.390 e. The average molecular weight is 346 g/mol. The predicted octanol–water partition coefficient (Wildman–Crippen LogP) is 3.15. The molecule has 0 saturated carbocycles. The molecule has 0 aromatic heterocycles. The van der Waals surface area contributed by atoms with Gasteiger partial charge in [-0.1, -0.05) is 40.2 Å². The summed E-state index contributed by atoms with van der Waals surface area (Å²) in [6.07, 6.45) is 0.0171. The van der Waals surface area contributed by atoms with Crippen LogP contribution >= 0.6 is 15.9 Å². The Morgan fingerprint density at radius 1 is 1.29 bits per heavy atom. The molecule has 0 aliphatic heterocycles. The van der Waals surface area contributed by atoms with E-state index in [1.807, 2.05) is 43.3 Å². The molecule has 2 aromatic rings. The van der Waals surface area contributed by atoms with Crippen molar-refractivity contribution in [1.29, 1.82) is 0 Å². The van der Waals surface area contributed by atoms with Crippen molar-refractivity contribution in [3.05, 3.63) is 69.2 Å². The van der Waals surface area contributed by atoms with Crippen molar-refractivity contribution in [3.8, 4) is 0 Å². The molecule has 0 bridgehead atoms. The summed E-state index contributed by atoms with van der Waals surface area (Å²) in [5, 5.41) is 13.1. The van der Waals surface area contributed by atoms with Crippen LogP contribution in [-0.2, 0) is 6.42 Å². The maximum absolute atomic E-state index is 12.4. The van der Waals surface area contributed by atoms with E-state index in [-0.39, 0.29) is 11.9 Å². The molecule has 108 valence electrons. The Morgan fingerprint density at radius 2 is 2.05 bits per heavy atom. The Labute approximate surface area is 132 Å². The summed E-state index contributed by atoms with van der Waals surface area (Å²) in [6, 6.07) is 13.0. The second kappa shape index (κ2) is 5.62. The molecule has 2 aromatic carbocycles. The first kappa shape index (κ1) is 14.3. The quantitative estimate of drug-likeness (QED) is 0.878. The van der Waals surface area contributed by atoms with Gasteiger partial charge in [0.05, 0.1) is 12.1 Å². The standard InChI is InChI=1S/C17H16BrNO2/c1-10-8-12(6-7-14(10)18)17(21)19-16-13-5-3-2-4-11(13)9-15(16)20/h2-8,15-16,20H,9H2,1H3,(H,19,21)/t15-,16+/m0/s1. The molecule has 1 aliphatic rings. The van der Waals surface area contributed by atoms with Gasteiger partial charge in [-0.05, 0) is 41.8 Å². The van der Waals surface area contributed by atoms with Crippen LogP contribution < -0.4 is 5.32 Å². The third-order valence-electron chi connectivity index (χ3n) is 3.91. The zero-order valence-electron chi connectivity index (χ0n) is 11.6. The first-order valence-corrected chi connectivity index (χ1v) is 7.68. The molecule has 0 saturated heterocycles. The maximum atomic E-state index is 12.4. The van der Waals surface area contributed by atoms with Gasteiger partial charge in [0.1, 0.15) is 0 Å². The lowest BCUT2D eigenvalue weighted by atomic mass is 10.1. The van der Waals surface area contributed by atoms with Crippen molar-refractivity contribution < 1.29 is 9.90 Å². The van der Waals surface area contributed by atoms with Crippen LogP contribution in [0.25, 0.3) is 0 Å². The van der Waals surface area contributed by atoms with E-state index in [2.05, 4.69) is 21.2 Å². The van der Waals surface area contributed by atoms with Gasteiger partial charge in [0.25, 0.3) is 5.91 Å². The first-order valence-electron chi connectivity index (χ1n) is 6.89. The van der Waals surface area contributed by atoms with Gasteiger partial charge < -0.3 is 10.4 Å². The van der Waals surface area contributed by atoms with E-state index in [9.17, 15) is 9.90 Å². The number of fused-ring (bicyclic) bond motifs is 1. The molecule has 0 unspecified atom stereocenters. The molecule has 2 atom stereocenters. The number of hydrogen-bond donors (Lipinski definition) is 2. The van der Waals surface area contributed by atoms with E-state index in [0.717, 1.165) is 21.2 Å². The van der Waals surface area contributed by atoms with Crippen LogP contribution in [-0.4, -0.2) is 17.1 Å². The highest BCUT2D eigenvalue weighted by Gasteiger charge is 2.32. The number of benzene rings is 2. The van der Waals surface area contributed by atoms with Crippen molar-refractivity contribution in [2.45, 2.75) is 25.5 Å². The van der Waals surface area contributed by atoms with Crippen LogP contribution in [0.2, 0.25) is 0 Å². The van der Waals surface area contributed by atoms with Crippen LogP contribution in [0, 0.1) is 6.92 Å². The van der Waals surface area contributed by atoms with E-state index >= 15 is 0 Å². The lowest BCUT2D eigenvalue weighted by Gasteiger charge is -2.18. The molecule has 1 aliphatic carbocycles. The summed E-state index contributed by atoms with van der Waals surface area (Å²) in [6.45, 7) is 1.95. The number of amides is 1. The van der Waals surface area contributed by atoms with Crippen molar-refractivity contribution >= 4 is 21.8 Å². The highest BCUT2D eigenvalue weighted by Crippen LogP contribution is 2.31. The fraction of sp³-hybridized carbons (Fsp3) is 0.235. The van der Waals surface area contributed by atoms with Gasteiger partial charge in [-0.25, -0.2) is 0 Å². The minimum absolute atomic E-state index is 0.161. The van der Waals surface area contributed by atoms with Crippen LogP contribution in [0.5, 0.6) is 0 Å². The van der Waals surface area contributed by atoms with Crippen molar-refractivity contribution in [3.63, 3.8) is 0 Å². The molecular formula is C17H16BrNO2. The number of nitrogens with one attached hydrogen (secondary N) is 1. The summed E-state index contributed by atoms with van der Waals surface area (Å²) in [4.78, 5) is 12.4. The van der Waals surface area contributed by atoms with Crippen molar-refractivity contribution in [1.82, 2.24) is 5.32 Å². The molecule has 1 amide bonds. The monoisotopic (exact) mass is 345 g/mol. The fourth-order valence-electron chi connectivity index (χ4n) is 2.76. The molecule has 0 fully saturated rings. The first-order chi connectivity index (χ1) is 10.1. The van der Waals surface area contributed by atoms with E-state index in [1.165, 1.54) is 0 Å². The van der Waals surface area contributed by atoms with E-state index < -0.39 is 6.10 Å². The number of aryl methyl sites for hydroxylation is 1. The molecule has 3 nitrogen and oxygen atoms in total. The summed E-state index contributed by atoms with van der Waals surface area (Å²) in [7, 11) is 0. The third kappa shape index (κ3) is 2.74. The Hall–Kier alpha value is -1.65. The molecular weight excluding hydrogens is 330 g/mol. The van der Waals surface area contributed by atoms with Gasteiger partial charge in [0, 0.05) is 16.5 Å². The van der Waals surface area contributed by atoms with Crippen LogP contribution in [0.15, 0.2) is 46.9 Å². The number of rotatable bonds is 2.